The molecular formula is C58H36N2O. The lowest BCUT2D eigenvalue weighted by atomic mass is 9.93. The number of fused-ring (bicyclic) bond motifs is 9. The first-order valence-corrected chi connectivity index (χ1v) is 20.7. The quantitative estimate of drug-likeness (QED) is 0.158. The van der Waals surface area contributed by atoms with E-state index in [1.165, 1.54) is 44.2 Å². The maximum atomic E-state index is 6.32. The molecule has 284 valence electrons. The van der Waals surface area contributed by atoms with Gasteiger partial charge in [0.25, 0.3) is 0 Å². The zero-order chi connectivity index (χ0) is 40.3. The van der Waals surface area contributed by atoms with Crippen molar-refractivity contribution in [2.24, 2.45) is 0 Å². The molecular weight excluding hydrogens is 741 g/mol. The van der Waals surface area contributed by atoms with Crippen molar-refractivity contribution in [2.75, 3.05) is 0 Å². The van der Waals surface area contributed by atoms with E-state index in [1.807, 2.05) is 18.3 Å². The number of benzene rings is 10. The Bertz CT molecular complexity index is 3610. The van der Waals surface area contributed by atoms with Crippen molar-refractivity contribution in [3.63, 3.8) is 0 Å². The lowest BCUT2D eigenvalue weighted by Gasteiger charge is -2.14. The predicted molar refractivity (Wildman–Crippen MR) is 254 cm³/mol. The molecule has 0 N–H and O–H groups in total. The van der Waals surface area contributed by atoms with Crippen LogP contribution in [0, 0.1) is 0 Å². The summed E-state index contributed by atoms with van der Waals surface area (Å²) >= 11 is 0. The van der Waals surface area contributed by atoms with Crippen LogP contribution in [0.5, 0.6) is 0 Å². The summed E-state index contributed by atoms with van der Waals surface area (Å²) in [4.78, 5) is 10.5. The lowest BCUT2D eigenvalue weighted by Crippen LogP contribution is -1.93. The van der Waals surface area contributed by atoms with Gasteiger partial charge in [-0.1, -0.05) is 188 Å². The molecule has 0 saturated heterocycles. The molecule has 2 heterocycles. The Balaban J connectivity index is 0.885. The average molecular weight is 777 g/mol. The van der Waals surface area contributed by atoms with E-state index in [-0.39, 0.29) is 0 Å². The lowest BCUT2D eigenvalue weighted by molar-refractivity contribution is 0.670. The summed E-state index contributed by atoms with van der Waals surface area (Å²) in [5.74, 6) is 0. The molecule has 10 aromatic carbocycles. The van der Waals surface area contributed by atoms with Gasteiger partial charge in [-0.05, 0) is 85.1 Å². The molecule has 0 radical (unpaired) electrons. The zero-order valence-corrected chi connectivity index (χ0v) is 33.1. The van der Waals surface area contributed by atoms with E-state index in [9.17, 15) is 0 Å². The Labute approximate surface area is 352 Å². The van der Waals surface area contributed by atoms with E-state index in [0.717, 1.165) is 77.3 Å². The van der Waals surface area contributed by atoms with Crippen molar-refractivity contribution in [3.8, 4) is 66.9 Å². The van der Waals surface area contributed by atoms with E-state index in [0.29, 0.717) is 0 Å². The van der Waals surface area contributed by atoms with Gasteiger partial charge in [-0.15, -0.1) is 0 Å². The minimum atomic E-state index is 0.845. The van der Waals surface area contributed by atoms with Gasteiger partial charge in [0.1, 0.15) is 11.2 Å². The third-order valence-corrected chi connectivity index (χ3v) is 12.1. The first-order chi connectivity index (χ1) is 30.2. The van der Waals surface area contributed by atoms with Gasteiger partial charge in [-0.2, -0.15) is 0 Å². The van der Waals surface area contributed by atoms with E-state index in [1.54, 1.807) is 0 Å². The van der Waals surface area contributed by atoms with Crippen LogP contribution in [0.2, 0.25) is 0 Å². The van der Waals surface area contributed by atoms with Gasteiger partial charge >= 0.3 is 0 Å². The molecule has 0 unspecified atom stereocenters. The fourth-order valence-electron chi connectivity index (χ4n) is 9.01. The number of nitrogens with zero attached hydrogens (tertiary/aromatic N) is 2. The Morgan fingerprint density at radius 1 is 0.295 bits per heavy atom. The number of rotatable bonds is 6. The molecule has 0 bridgehead atoms. The molecule has 12 aromatic rings. The number of hydrogen-bond donors (Lipinski definition) is 0. The van der Waals surface area contributed by atoms with E-state index in [2.05, 4.69) is 200 Å². The first-order valence-electron chi connectivity index (χ1n) is 20.7. The Hall–Kier alpha value is -8.14. The van der Waals surface area contributed by atoms with Crippen molar-refractivity contribution >= 4 is 54.5 Å². The van der Waals surface area contributed by atoms with E-state index >= 15 is 0 Å². The molecule has 0 spiro atoms. The van der Waals surface area contributed by atoms with Gasteiger partial charge in [0.05, 0.1) is 22.9 Å². The highest BCUT2D eigenvalue weighted by Gasteiger charge is 2.16. The smallest absolute Gasteiger partial charge is 0.143 e. The van der Waals surface area contributed by atoms with Crippen molar-refractivity contribution < 1.29 is 4.42 Å². The molecule has 0 aliphatic heterocycles. The second-order valence-electron chi connectivity index (χ2n) is 15.7. The van der Waals surface area contributed by atoms with Crippen LogP contribution in [0.3, 0.4) is 0 Å². The maximum Gasteiger partial charge on any atom is 0.143 e. The largest absolute Gasteiger partial charge is 0.455 e. The number of furan rings is 1. The molecule has 0 aliphatic rings. The molecule has 0 aliphatic carbocycles. The molecule has 3 nitrogen and oxygen atoms in total. The number of hydrogen-bond acceptors (Lipinski definition) is 3. The van der Waals surface area contributed by atoms with Crippen LogP contribution < -0.4 is 0 Å². The summed E-state index contributed by atoms with van der Waals surface area (Å²) < 4.78 is 6.32. The Morgan fingerprint density at radius 3 is 1.44 bits per heavy atom. The minimum absolute atomic E-state index is 0.845. The molecule has 0 fully saturated rings. The topological polar surface area (TPSA) is 38.9 Å². The highest BCUT2D eigenvalue weighted by Crippen LogP contribution is 2.40. The fourth-order valence-corrected chi connectivity index (χ4v) is 9.01. The van der Waals surface area contributed by atoms with Crippen LogP contribution in [0.4, 0.5) is 0 Å². The van der Waals surface area contributed by atoms with Crippen molar-refractivity contribution in [1.29, 1.82) is 0 Å². The van der Waals surface area contributed by atoms with Crippen LogP contribution in [0.25, 0.3) is 121 Å². The van der Waals surface area contributed by atoms with Gasteiger partial charge in [0, 0.05) is 32.7 Å². The van der Waals surface area contributed by atoms with E-state index in [4.69, 9.17) is 14.4 Å². The highest BCUT2D eigenvalue weighted by atomic mass is 16.3. The Kier molecular flexibility index (Phi) is 8.17. The summed E-state index contributed by atoms with van der Waals surface area (Å²) in [6.45, 7) is 0. The normalized spacial score (nSPS) is 11.6. The molecule has 0 amide bonds. The third kappa shape index (κ3) is 6.06. The van der Waals surface area contributed by atoms with Crippen LogP contribution in [0.15, 0.2) is 223 Å². The summed E-state index contributed by atoms with van der Waals surface area (Å²) in [5.41, 5.74) is 17.1. The van der Waals surface area contributed by atoms with Gasteiger partial charge in [0.2, 0.25) is 0 Å². The fraction of sp³-hybridized carbons (Fsp3) is 0. The number of para-hydroxylation sites is 2. The highest BCUT2D eigenvalue weighted by molar-refractivity contribution is 6.24. The Morgan fingerprint density at radius 2 is 0.770 bits per heavy atom. The van der Waals surface area contributed by atoms with Crippen LogP contribution in [-0.2, 0) is 0 Å². The van der Waals surface area contributed by atoms with Gasteiger partial charge in [0.15, 0.2) is 0 Å². The molecule has 0 atom stereocenters. The molecule has 3 heteroatoms. The monoisotopic (exact) mass is 776 g/mol. The first kappa shape index (κ1) is 34.9. The summed E-state index contributed by atoms with van der Waals surface area (Å²) in [6.07, 6.45) is 1.93. The summed E-state index contributed by atoms with van der Waals surface area (Å²) in [7, 11) is 0. The minimum Gasteiger partial charge on any atom is -0.455 e. The van der Waals surface area contributed by atoms with Gasteiger partial charge in [-0.3, -0.25) is 4.98 Å². The third-order valence-electron chi connectivity index (χ3n) is 12.1. The number of aromatic nitrogens is 2. The van der Waals surface area contributed by atoms with Crippen molar-refractivity contribution in [3.05, 3.63) is 219 Å². The molecule has 0 saturated carbocycles. The maximum absolute atomic E-state index is 6.32. The van der Waals surface area contributed by atoms with Crippen molar-refractivity contribution in [2.45, 2.75) is 0 Å². The SMILES string of the molecule is c1ccc(-c2ccc3c(c2)c2cc(-c4ccccc4)ccc2c2nc(-c4cccc(-c5ccc(-c6ccc(-c7cccc8c7oc7ccccc78)cc6)cc5)c4)cnc32)cc1. The standard InChI is InChI=1S/C58H36N2O/c1-3-11-37(12-4-1)44-29-31-49-52(34-44)53-35-45(38-13-5-2-6-14-38)30-32-50(53)57-56(49)59-36-54(60-57)46-16-9-15-43(33-46)41-23-21-39(22-24-41)40-25-27-42(28-26-40)47-18-10-19-51-48-17-7-8-20-55(48)61-58(47)51/h1-36H. The summed E-state index contributed by atoms with van der Waals surface area (Å²) in [6, 6.07) is 75.5. The van der Waals surface area contributed by atoms with E-state index < -0.39 is 0 Å². The van der Waals surface area contributed by atoms with Gasteiger partial charge < -0.3 is 4.42 Å². The second-order valence-corrected chi connectivity index (χ2v) is 15.7. The zero-order valence-electron chi connectivity index (χ0n) is 33.1. The van der Waals surface area contributed by atoms with Crippen LogP contribution in [0.1, 0.15) is 0 Å². The van der Waals surface area contributed by atoms with Crippen LogP contribution in [-0.4, -0.2) is 9.97 Å². The average Bonchev–Trinajstić information content (AvgIpc) is 3.73. The van der Waals surface area contributed by atoms with Crippen LogP contribution >= 0.6 is 0 Å². The predicted octanol–water partition coefficient (Wildman–Crippen LogP) is 15.8. The molecule has 61 heavy (non-hydrogen) atoms. The van der Waals surface area contributed by atoms with Crippen molar-refractivity contribution in [1.82, 2.24) is 9.97 Å². The second kappa shape index (κ2) is 14.3. The van der Waals surface area contributed by atoms with Gasteiger partial charge in [-0.25, -0.2) is 4.98 Å². The molecule has 2 aromatic heterocycles. The summed E-state index contributed by atoms with van der Waals surface area (Å²) in [5, 5.41) is 6.81. The molecule has 12 rings (SSSR count).